The number of nitrogens with zero attached hydrogens (tertiary/aromatic N) is 1. The number of likely N-dealkylation sites (tertiary alicyclic amines) is 1. The largest absolute Gasteiger partial charge is 0.598 e. The van der Waals surface area contributed by atoms with Crippen LogP contribution in [-0.2, 0) is 11.4 Å². The molecule has 1 N–H and O–H groups in total. The molecule has 3 nitrogen and oxygen atoms in total. The Morgan fingerprint density at radius 3 is 2.45 bits per heavy atom. The van der Waals surface area contributed by atoms with Crippen molar-refractivity contribution >= 4 is 11.4 Å². The molecule has 1 heterocycles. The first kappa shape index (κ1) is 9.32. The molecule has 1 rings (SSSR count). The van der Waals surface area contributed by atoms with Crippen LogP contribution < -0.4 is 4.72 Å². The SMILES string of the molecule is CN1CCC(N[S+](C)[O-])CC1. The summed E-state index contributed by atoms with van der Waals surface area (Å²) in [7, 11) is 2.12. The molecule has 0 aromatic heterocycles. The predicted molar refractivity (Wildman–Crippen MR) is 47.7 cm³/mol. The molecule has 0 aromatic rings. The highest BCUT2D eigenvalue weighted by molar-refractivity contribution is 7.88. The van der Waals surface area contributed by atoms with Crippen molar-refractivity contribution in [1.82, 2.24) is 9.62 Å². The second-order valence-corrected chi connectivity index (χ2v) is 4.29. The minimum atomic E-state index is -0.843. The fourth-order valence-corrected chi connectivity index (χ4v) is 2.07. The predicted octanol–water partition coefficient (Wildman–Crippen LogP) is -0.0363. The van der Waals surface area contributed by atoms with E-state index < -0.39 is 11.4 Å². The van der Waals surface area contributed by atoms with Crippen LogP contribution in [0.3, 0.4) is 0 Å². The molecule has 1 aliphatic rings. The van der Waals surface area contributed by atoms with Gasteiger partial charge in [-0.15, -0.1) is 4.72 Å². The highest BCUT2D eigenvalue weighted by Crippen LogP contribution is 2.08. The van der Waals surface area contributed by atoms with E-state index in [1.807, 2.05) is 0 Å². The minimum Gasteiger partial charge on any atom is -0.598 e. The smallest absolute Gasteiger partial charge is 0.115 e. The summed E-state index contributed by atoms with van der Waals surface area (Å²) in [4.78, 5) is 2.30. The van der Waals surface area contributed by atoms with Crippen LogP contribution in [0.2, 0.25) is 0 Å². The van der Waals surface area contributed by atoms with Gasteiger partial charge < -0.3 is 9.45 Å². The van der Waals surface area contributed by atoms with Gasteiger partial charge in [0.05, 0.1) is 6.04 Å². The first-order valence-corrected chi connectivity index (χ1v) is 5.52. The number of hydrogen-bond donors (Lipinski definition) is 1. The summed E-state index contributed by atoms with van der Waals surface area (Å²) in [6.07, 6.45) is 3.94. The van der Waals surface area contributed by atoms with Crippen LogP contribution in [0.25, 0.3) is 0 Å². The van der Waals surface area contributed by atoms with Crippen LogP contribution in [0.4, 0.5) is 0 Å². The van der Waals surface area contributed by atoms with E-state index >= 15 is 0 Å². The maximum absolute atomic E-state index is 10.8. The van der Waals surface area contributed by atoms with E-state index in [1.54, 1.807) is 6.26 Å². The van der Waals surface area contributed by atoms with Gasteiger partial charge in [0.1, 0.15) is 6.26 Å². The second-order valence-electron chi connectivity index (χ2n) is 3.15. The van der Waals surface area contributed by atoms with Crippen LogP contribution >= 0.6 is 0 Å². The van der Waals surface area contributed by atoms with Crippen LogP contribution in [-0.4, -0.2) is 41.9 Å². The van der Waals surface area contributed by atoms with Crippen molar-refractivity contribution in [2.45, 2.75) is 18.9 Å². The fraction of sp³-hybridized carbons (Fsp3) is 1.00. The Morgan fingerprint density at radius 2 is 2.00 bits per heavy atom. The summed E-state index contributed by atoms with van der Waals surface area (Å²) in [5.74, 6) is 0. The number of rotatable bonds is 2. The van der Waals surface area contributed by atoms with Crippen LogP contribution in [0, 0.1) is 0 Å². The standard InChI is InChI=1S/C7H16N2OS/c1-9-5-3-7(4-6-9)8-11(2)10/h7-8H,3-6H2,1-2H3. The molecule has 1 unspecified atom stereocenters. The van der Waals surface area contributed by atoms with Gasteiger partial charge in [-0.1, -0.05) is 0 Å². The summed E-state index contributed by atoms with van der Waals surface area (Å²) in [6, 6.07) is 0.469. The third-order valence-corrected chi connectivity index (χ3v) is 2.72. The highest BCUT2D eigenvalue weighted by Gasteiger charge is 2.18. The monoisotopic (exact) mass is 176 g/mol. The van der Waals surface area contributed by atoms with Gasteiger partial charge >= 0.3 is 0 Å². The van der Waals surface area contributed by atoms with Gasteiger partial charge in [-0.05, 0) is 33.0 Å². The van der Waals surface area contributed by atoms with Gasteiger partial charge in [-0.2, -0.15) is 0 Å². The molecule has 0 aromatic carbocycles. The molecule has 1 fully saturated rings. The lowest BCUT2D eigenvalue weighted by molar-refractivity contribution is 0.248. The highest BCUT2D eigenvalue weighted by atomic mass is 32.2. The zero-order chi connectivity index (χ0) is 8.27. The van der Waals surface area contributed by atoms with Crippen molar-refractivity contribution in [1.29, 1.82) is 0 Å². The molecule has 0 spiro atoms. The molecule has 1 saturated heterocycles. The zero-order valence-corrected chi connectivity index (χ0v) is 7.99. The van der Waals surface area contributed by atoms with Crippen LogP contribution in [0.5, 0.6) is 0 Å². The van der Waals surface area contributed by atoms with E-state index in [9.17, 15) is 4.55 Å². The van der Waals surface area contributed by atoms with E-state index in [0.29, 0.717) is 6.04 Å². The second kappa shape index (κ2) is 4.30. The summed E-state index contributed by atoms with van der Waals surface area (Å²) >= 11 is -0.843. The fourth-order valence-electron chi connectivity index (χ4n) is 1.36. The molecule has 0 amide bonds. The molecule has 0 aliphatic carbocycles. The van der Waals surface area contributed by atoms with E-state index in [-0.39, 0.29) is 0 Å². The Balaban J connectivity index is 2.17. The summed E-state index contributed by atoms with van der Waals surface area (Å²) < 4.78 is 13.8. The molecule has 66 valence electrons. The number of nitrogens with one attached hydrogen (secondary N) is 1. The van der Waals surface area contributed by atoms with Crippen molar-refractivity contribution in [3.8, 4) is 0 Å². The molecular weight excluding hydrogens is 160 g/mol. The molecular formula is C7H16N2OS. The molecule has 1 aliphatic heterocycles. The maximum Gasteiger partial charge on any atom is 0.115 e. The molecule has 0 bridgehead atoms. The summed E-state index contributed by atoms with van der Waals surface area (Å²) in [5, 5.41) is 0. The topological polar surface area (TPSA) is 38.3 Å². The quantitative estimate of drug-likeness (QED) is 0.600. The first-order valence-electron chi connectivity index (χ1n) is 3.96. The normalized spacial score (nSPS) is 25.4. The number of hydrogen-bond acceptors (Lipinski definition) is 3. The Bertz CT molecular complexity index is 113. The summed E-state index contributed by atoms with van der Waals surface area (Å²) in [5.41, 5.74) is 0. The van der Waals surface area contributed by atoms with Gasteiger partial charge in [0, 0.05) is 11.4 Å². The lowest BCUT2D eigenvalue weighted by atomic mass is 10.1. The third-order valence-electron chi connectivity index (χ3n) is 2.05. The first-order chi connectivity index (χ1) is 5.18. The lowest BCUT2D eigenvalue weighted by Gasteiger charge is -2.28. The molecule has 0 radical (unpaired) electrons. The van der Waals surface area contributed by atoms with Crippen LogP contribution in [0.1, 0.15) is 12.8 Å². The molecule has 0 saturated carbocycles. The van der Waals surface area contributed by atoms with Gasteiger partial charge in [0.15, 0.2) is 0 Å². The average Bonchev–Trinajstić information content (AvgIpc) is 1.93. The minimum absolute atomic E-state index is 0.469. The van der Waals surface area contributed by atoms with Crippen molar-refractivity contribution in [2.75, 3.05) is 26.4 Å². The Kier molecular flexibility index (Phi) is 3.65. The number of piperidine rings is 1. The lowest BCUT2D eigenvalue weighted by Crippen LogP contribution is -2.42. The maximum atomic E-state index is 10.8. The van der Waals surface area contributed by atoms with E-state index in [1.165, 1.54) is 0 Å². The Hall–Kier alpha value is 0.230. The van der Waals surface area contributed by atoms with Gasteiger partial charge in [-0.25, -0.2) is 0 Å². The van der Waals surface area contributed by atoms with E-state index in [4.69, 9.17) is 0 Å². The van der Waals surface area contributed by atoms with Gasteiger partial charge in [0.25, 0.3) is 0 Å². The van der Waals surface area contributed by atoms with E-state index in [0.717, 1.165) is 25.9 Å². The zero-order valence-electron chi connectivity index (χ0n) is 7.17. The van der Waals surface area contributed by atoms with Crippen molar-refractivity contribution in [3.63, 3.8) is 0 Å². The third kappa shape index (κ3) is 3.42. The van der Waals surface area contributed by atoms with E-state index in [2.05, 4.69) is 16.7 Å². The molecule has 11 heavy (non-hydrogen) atoms. The van der Waals surface area contributed by atoms with Crippen molar-refractivity contribution in [2.24, 2.45) is 0 Å². The van der Waals surface area contributed by atoms with Gasteiger partial charge in [0.2, 0.25) is 0 Å². The van der Waals surface area contributed by atoms with Crippen molar-refractivity contribution in [3.05, 3.63) is 0 Å². The summed E-state index contributed by atoms with van der Waals surface area (Å²) in [6.45, 7) is 2.24. The van der Waals surface area contributed by atoms with Crippen LogP contribution in [0.15, 0.2) is 0 Å². The Morgan fingerprint density at radius 1 is 1.45 bits per heavy atom. The van der Waals surface area contributed by atoms with Gasteiger partial charge in [-0.3, -0.25) is 0 Å². The Labute approximate surface area is 71.5 Å². The van der Waals surface area contributed by atoms with Crippen molar-refractivity contribution < 1.29 is 4.55 Å². The average molecular weight is 176 g/mol. The molecule has 1 atom stereocenters. The molecule has 4 heteroatoms.